The molecule has 0 aromatic carbocycles. The Balaban J connectivity index is 2.46. The fourth-order valence-corrected chi connectivity index (χ4v) is 3.29. The summed E-state index contributed by atoms with van der Waals surface area (Å²) in [6.45, 7) is 5.63. The van der Waals surface area contributed by atoms with Crippen LogP contribution in [0, 0.1) is 5.41 Å². The van der Waals surface area contributed by atoms with E-state index in [1.54, 1.807) is 24.4 Å². The second kappa shape index (κ2) is 3.80. The minimum absolute atomic E-state index is 0.0386. The second-order valence-electron chi connectivity index (χ2n) is 5.22. The van der Waals surface area contributed by atoms with Crippen molar-refractivity contribution >= 4 is 15.5 Å². The summed E-state index contributed by atoms with van der Waals surface area (Å²) in [4.78, 5) is 4.03. The number of pyridine rings is 1. The van der Waals surface area contributed by atoms with Crippen LogP contribution in [0.3, 0.4) is 0 Å². The lowest BCUT2D eigenvalue weighted by Gasteiger charge is -2.16. The summed E-state index contributed by atoms with van der Waals surface area (Å²) in [5.74, 6) is 0.0386. The highest BCUT2D eigenvalue weighted by Gasteiger charge is 2.27. The Kier molecular flexibility index (Phi) is 2.69. The molecule has 2 heterocycles. The fraction of sp³-hybridized carbons (Fsp3) is 0.455. The van der Waals surface area contributed by atoms with Crippen LogP contribution in [0.25, 0.3) is 5.65 Å². The van der Waals surface area contributed by atoms with Crippen LogP contribution in [0.4, 0.5) is 0 Å². The number of hydrogen-bond acceptors (Lipinski definition) is 4. The molecule has 0 saturated heterocycles. The zero-order valence-electron chi connectivity index (χ0n) is 10.1. The van der Waals surface area contributed by atoms with E-state index in [1.165, 1.54) is 4.52 Å². The van der Waals surface area contributed by atoms with Gasteiger partial charge in [-0.3, -0.25) is 0 Å². The first-order valence-electron chi connectivity index (χ1n) is 5.32. The quantitative estimate of drug-likeness (QED) is 0.814. The van der Waals surface area contributed by atoms with Crippen LogP contribution in [-0.2, 0) is 9.84 Å². The van der Waals surface area contributed by atoms with Gasteiger partial charge in [-0.05, 0) is 17.5 Å². The van der Waals surface area contributed by atoms with E-state index in [0.717, 1.165) is 0 Å². The van der Waals surface area contributed by atoms with Crippen LogP contribution >= 0.6 is 0 Å². The Bertz CT molecular complexity index is 605. The third kappa shape index (κ3) is 2.63. The molecule has 6 heteroatoms. The highest BCUT2D eigenvalue weighted by Crippen LogP contribution is 2.20. The number of rotatable bonds is 2. The fourth-order valence-electron chi connectivity index (χ4n) is 1.58. The maximum atomic E-state index is 12.1. The van der Waals surface area contributed by atoms with Crippen molar-refractivity contribution in [2.24, 2.45) is 5.41 Å². The van der Waals surface area contributed by atoms with Gasteiger partial charge < -0.3 is 0 Å². The highest BCUT2D eigenvalue weighted by atomic mass is 32.2. The summed E-state index contributed by atoms with van der Waals surface area (Å²) >= 11 is 0. The van der Waals surface area contributed by atoms with Gasteiger partial charge in [-0.15, -0.1) is 5.10 Å². The Morgan fingerprint density at radius 3 is 2.59 bits per heavy atom. The first kappa shape index (κ1) is 12.0. The Morgan fingerprint density at radius 1 is 1.29 bits per heavy atom. The van der Waals surface area contributed by atoms with E-state index in [0.29, 0.717) is 5.65 Å². The molecule has 0 unspecified atom stereocenters. The van der Waals surface area contributed by atoms with Crippen molar-refractivity contribution < 1.29 is 8.42 Å². The predicted molar refractivity (Wildman–Crippen MR) is 64.5 cm³/mol. The number of sulfone groups is 1. The summed E-state index contributed by atoms with van der Waals surface area (Å²) in [5.41, 5.74) is 0.232. The third-order valence-corrected chi connectivity index (χ3v) is 4.10. The molecule has 0 atom stereocenters. The summed E-state index contributed by atoms with van der Waals surface area (Å²) in [6.07, 6.45) is 1.68. The first-order valence-corrected chi connectivity index (χ1v) is 6.97. The molecule has 17 heavy (non-hydrogen) atoms. The van der Waals surface area contributed by atoms with Gasteiger partial charge in [-0.1, -0.05) is 26.8 Å². The van der Waals surface area contributed by atoms with Crippen LogP contribution < -0.4 is 0 Å². The summed E-state index contributed by atoms with van der Waals surface area (Å²) in [7, 11) is -3.42. The van der Waals surface area contributed by atoms with E-state index in [4.69, 9.17) is 0 Å². The van der Waals surface area contributed by atoms with Gasteiger partial charge in [0.1, 0.15) is 0 Å². The number of fused-ring (bicyclic) bond motifs is 1. The monoisotopic (exact) mass is 253 g/mol. The lowest BCUT2D eigenvalue weighted by atomic mass is 10.0. The minimum Gasteiger partial charge on any atom is -0.220 e. The average molecular weight is 253 g/mol. The molecule has 0 radical (unpaired) electrons. The molecule has 0 N–H and O–H groups in total. The van der Waals surface area contributed by atoms with Crippen LogP contribution in [0.15, 0.2) is 29.6 Å². The third-order valence-electron chi connectivity index (χ3n) is 2.12. The Labute approximate surface area is 100 Å². The summed E-state index contributed by atoms with van der Waals surface area (Å²) in [5, 5.41) is 3.89. The molecule has 0 spiro atoms. The molecule has 0 amide bonds. The van der Waals surface area contributed by atoms with E-state index < -0.39 is 9.84 Å². The molecule has 2 aromatic heterocycles. The van der Waals surface area contributed by atoms with Crippen molar-refractivity contribution in [3.8, 4) is 0 Å². The van der Waals surface area contributed by atoms with E-state index >= 15 is 0 Å². The number of aromatic nitrogens is 3. The van der Waals surface area contributed by atoms with Crippen LogP contribution in [0.5, 0.6) is 0 Å². The molecule has 0 saturated carbocycles. The van der Waals surface area contributed by atoms with Crippen molar-refractivity contribution in [3.05, 3.63) is 24.4 Å². The van der Waals surface area contributed by atoms with Gasteiger partial charge in [-0.25, -0.2) is 12.9 Å². The minimum atomic E-state index is -3.42. The van der Waals surface area contributed by atoms with Crippen LogP contribution in [-0.4, -0.2) is 28.8 Å². The first-order chi connectivity index (χ1) is 7.78. The SMILES string of the molecule is CC(C)(C)CS(=O)(=O)c1nc2ccccn2n1. The normalized spacial score (nSPS) is 13.1. The Hall–Kier alpha value is -1.43. The standard InChI is InChI=1S/C11H15N3O2S/c1-11(2,3)8-17(15,16)10-12-9-6-4-5-7-14(9)13-10/h4-7H,8H2,1-3H3. The van der Waals surface area contributed by atoms with Crippen molar-refractivity contribution in [2.45, 2.75) is 25.9 Å². The summed E-state index contributed by atoms with van der Waals surface area (Å²) in [6, 6.07) is 5.30. The topological polar surface area (TPSA) is 64.3 Å². The van der Waals surface area contributed by atoms with Gasteiger partial charge >= 0.3 is 0 Å². The van der Waals surface area contributed by atoms with Crippen molar-refractivity contribution in [1.29, 1.82) is 0 Å². The average Bonchev–Trinajstić information content (AvgIpc) is 2.57. The largest absolute Gasteiger partial charge is 0.267 e. The molecular weight excluding hydrogens is 238 g/mol. The molecule has 5 nitrogen and oxygen atoms in total. The summed E-state index contributed by atoms with van der Waals surface area (Å²) < 4.78 is 25.6. The van der Waals surface area contributed by atoms with E-state index in [1.807, 2.05) is 20.8 Å². The lowest BCUT2D eigenvalue weighted by molar-refractivity contribution is 0.459. The van der Waals surface area contributed by atoms with Gasteiger partial charge in [-0.2, -0.15) is 4.98 Å². The van der Waals surface area contributed by atoms with Crippen LogP contribution in [0.1, 0.15) is 20.8 Å². The smallest absolute Gasteiger partial charge is 0.220 e. The maximum Gasteiger partial charge on any atom is 0.267 e. The van der Waals surface area contributed by atoms with Gasteiger partial charge in [0.15, 0.2) is 5.65 Å². The second-order valence-corrected chi connectivity index (χ2v) is 7.10. The predicted octanol–water partition coefficient (Wildman–Crippen LogP) is 1.55. The van der Waals surface area contributed by atoms with E-state index in [9.17, 15) is 8.42 Å². The van der Waals surface area contributed by atoms with E-state index in [-0.39, 0.29) is 16.3 Å². The van der Waals surface area contributed by atoms with Crippen molar-refractivity contribution in [2.75, 3.05) is 5.75 Å². The molecule has 0 aliphatic rings. The lowest BCUT2D eigenvalue weighted by Crippen LogP contribution is -2.21. The highest BCUT2D eigenvalue weighted by molar-refractivity contribution is 7.91. The van der Waals surface area contributed by atoms with Crippen LogP contribution in [0.2, 0.25) is 0 Å². The zero-order valence-corrected chi connectivity index (χ0v) is 10.9. The number of nitrogens with zero attached hydrogens (tertiary/aromatic N) is 3. The molecule has 0 aliphatic carbocycles. The zero-order chi connectivity index (χ0) is 12.7. The Morgan fingerprint density at radius 2 is 2.00 bits per heavy atom. The van der Waals surface area contributed by atoms with Crippen molar-refractivity contribution in [1.82, 2.24) is 14.6 Å². The van der Waals surface area contributed by atoms with Gasteiger partial charge in [0, 0.05) is 6.20 Å². The van der Waals surface area contributed by atoms with Gasteiger partial charge in [0.25, 0.3) is 5.16 Å². The number of hydrogen-bond donors (Lipinski definition) is 0. The van der Waals surface area contributed by atoms with Gasteiger partial charge in [0.05, 0.1) is 5.75 Å². The molecule has 2 rings (SSSR count). The van der Waals surface area contributed by atoms with Crippen molar-refractivity contribution in [3.63, 3.8) is 0 Å². The molecule has 0 bridgehead atoms. The maximum absolute atomic E-state index is 12.1. The molecule has 2 aromatic rings. The molecule has 0 aliphatic heterocycles. The molecule has 0 fully saturated rings. The molecular formula is C11H15N3O2S. The molecule has 92 valence electrons. The van der Waals surface area contributed by atoms with Gasteiger partial charge in [0.2, 0.25) is 9.84 Å². The van der Waals surface area contributed by atoms with E-state index in [2.05, 4.69) is 10.1 Å².